The number of nitrogens with one attached hydrogen (secondary N) is 1. The summed E-state index contributed by atoms with van der Waals surface area (Å²) in [6.45, 7) is 0. The van der Waals surface area contributed by atoms with Crippen molar-refractivity contribution in [3.8, 4) is 34.5 Å². The van der Waals surface area contributed by atoms with Crippen LogP contribution in [0.25, 0.3) is 17.2 Å². The summed E-state index contributed by atoms with van der Waals surface area (Å²) >= 11 is 1.27. The van der Waals surface area contributed by atoms with Gasteiger partial charge in [0.2, 0.25) is 5.91 Å². The number of carbonyl (C=O) groups excluding carboxylic acids is 1. The van der Waals surface area contributed by atoms with Gasteiger partial charge in [-0.25, -0.2) is 0 Å². The zero-order valence-corrected chi connectivity index (χ0v) is 19.7. The number of ether oxygens (including phenoxy) is 3. The van der Waals surface area contributed by atoms with E-state index in [2.05, 4.69) is 20.5 Å². The molecule has 0 aliphatic carbocycles. The van der Waals surface area contributed by atoms with Crippen LogP contribution in [0.1, 0.15) is 0 Å². The Hall–Kier alpha value is -4.05. The van der Waals surface area contributed by atoms with Crippen LogP contribution in [0.15, 0.2) is 72.0 Å². The summed E-state index contributed by atoms with van der Waals surface area (Å²) in [5.41, 5.74) is 2.05. The zero-order valence-electron chi connectivity index (χ0n) is 18.9. The second-order valence-electron chi connectivity index (χ2n) is 6.96. The third-order valence-corrected chi connectivity index (χ3v) is 5.80. The van der Waals surface area contributed by atoms with Crippen molar-refractivity contribution in [1.82, 2.24) is 19.7 Å². The predicted molar refractivity (Wildman–Crippen MR) is 130 cm³/mol. The third-order valence-electron chi connectivity index (χ3n) is 4.87. The number of anilines is 1. The Labute approximate surface area is 201 Å². The number of amides is 1. The first-order valence-corrected chi connectivity index (χ1v) is 11.3. The Morgan fingerprint density at radius 3 is 2.38 bits per heavy atom. The molecule has 2 aromatic heterocycles. The number of benzene rings is 2. The Morgan fingerprint density at radius 1 is 0.941 bits per heavy atom. The molecule has 1 amide bonds. The first-order chi connectivity index (χ1) is 16.6. The molecule has 10 heteroatoms. The molecule has 1 N–H and O–H groups in total. The monoisotopic (exact) mass is 477 g/mol. The van der Waals surface area contributed by atoms with Gasteiger partial charge in [-0.05, 0) is 48.5 Å². The van der Waals surface area contributed by atoms with Gasteiger partial charge in [-0.2, -0.15) is 0 Å². The molecule has 9 nitrogen and oxygen atoms in total. The molecule has 0 fully saturated rings. The summed E-state index contributed by atoms with van der Waals surface area (Å²) in [6, 6.07) is 18.3. The lowest BCUT2D eigenvalue weighted by molar-refractivity contribution is -0.113. The highest BCUT2D eigenvalue weighted by Gasteiger charge is 2.18. The zero-order chi connectivity index (χ0) is 23.9. The maximum atomic E-state index is 12.7. The lowest BCUT2D eigenvalue weighted by atomic mass is 10.2. The summed E-state index contributed by atoms with van der Waals surface area (Å²) in [5.74, 6) is 2.36. The minimum Gasteiger partial charge on any atom is -0.497 e. The van der Waals surface area contributed by atoms with Crippen molar-refractivity contribution in [2.24, 2.45) is 0 Å². The third kappa shape index (κ3) is 5.12. The van der Waals surface area contributed by atoms with Crippen LogP contribution in [0, 0.1) is 0 Å². The fourth-order valence-electron chi connectivity index (χ4n) is 3.21. The topological polar surface area (TPSA) is 100 Å². The first-order valence-electron chi connectivity index (χ1n) is 10.3. The van der Waals surface area contributed by atoms with Gasteiger partial charge in [0.05, 0.1) is 38.5 Å². The fourth-order valence-corrected chi connectivity index (χ4v) is 3.96. The number of hydrogen-bond donors (Lipinski definition) is 1. The maximum Gasteiger partial charge on any atom is 0.234 e. The largest absolute Gasteiger partial charge is 0.497 e. The normalized spacial score (nSPS) is 10.6. The second kappa shape index (κ2) is 10.7. The van der Waals surface area contributed by atoms with E-state index in [1.54, 1.807) is 38.6 Å². The van der Waals surface area contributed by atoms with E-state index in [1.807, 2.05) is 47.0 Å². The summed E-state index contributed by atoms with van der Waals surface area (Å²) < 4.78 is 17.7. The van der Waals surface area contributed by atoms with E-state index in [0.717, 1.165) is 11.4 Å². The Bertz CT molecular complexity index is 1260. The molecule has 4 aromatic rings. The average molecular weight is 478 g/mol. The molecule has 0 saturated heterocycles. The Morgan fingerprint density at radius 2 is 1.71 bits per heavy atom. The van der Waals surface area contributed by atoms with Gasteiger partial charge >= 0.3 is 0 Å². The molecule has 4 rings (SSSR count). The summed E-state index contributed by atoms with van der Waals surface area (Å²) in [7, 11) is 4.72. The van der Waals surface area contributed by atoms with E-state index in [4.69, 9.17) is 14.2 Å². The van der Waals surface area contributed by atoms with E-state index in [-0.39, 0.29) is 11.7 Å². The molecule has 0 aliphatic rings. The quantitative estimate of drug-likeness (QED) is 0.360. The number of aromatic nitrogens is 4. The van der Waals surface area contributed by atoms with Crippen LogP contribution in [0.4, 0.5) is 5.69 Å². The molecule has 2 aromatic carbocycles. The molecule has 0 saturated carbocycles. The minimum atomic E-state index is -0.211. The molecule has 174 valence electrons. The highest BCUT2D eigenvalue weighted by atomic mass is 32.2. The highest BCUT2D eigenvalue weighted by molar-refractivity contribution is 7.99. The van der Waals surface area contributed by atoms with Gasteiger partial charge in [0.15, 0.2) is 11.0 Å². The van der Waals surface area contributed by atoms with Crippen molar-refractivity contribution >= 4 is 23.4 Å². The van der Waals surface area contributed by atoms with Crippen LogP contribution >= 0.6 is 11.8 Å². The fraction of sp³-hybridized carbons (Fsp3) is 0.167. The van der Waals surface area contributed by atoms with Crippen LogP contribution in [0.5, 0.6) is 17.2 Å². The SMILES string of the molecule is COc1ccc(-n2c(SCC(=O)Nc3ccc(OC)cc3OC)nnc2-c2ccccn2)cc1. The number of rotatable bonds is 9. The van der Waals surface area contributed by atoms with Gasteiger partial charge in [0.1, 0.15) is 22.9 Å². The number of methoxy groups -OCH3 is 3. The van der Waals surface area contributed by atoms with Crippen LogP contribution in [-0.2, 0) is 4.79 Å². The second-order valence-corrected chi connectivity index (χ2v) is 7.90. The van der Waals surface area contributed by atoms with Crippen molar-refractivity contribution < 1.29 is 19.0 Å². The van der Waals surface area contributed by atoms with Crippen LogP contribution < -0.4 is 19.5 Å². The number of pyridine rings is 1. The van der Waals surface area contributed by atoms with Crippen molar-refractivity contribution in [2.45, 2.75) is 5.16 Å². The van der Waals surface area contributed by atoms with Crippen LogP contribution in [0.3, 0.4) is 0 Å². The smallest absolute Gasteiger partial charge is 0.234 e. The van der Waals surface area contributed by atoms with E-state index >= 15 is 0 Å². The number of thioether (sulfide) groups is 1. The first kappa shape index (κ1) is 23.1. The van der Waals surface area contributed by atoms with E-state index < -0.39 is 0 Å². The molecule has 2 heterocycles. The molecule has 0 radical (unpaired) electrons. The Kier molecular flexibility index (Phi) is 7.28. The summed E-state index contributed by atoms with van der Waals surface area (Å²) in [4.78, 5) is 17.1. The molecule has 34 heavy (non-hydrogen) atoms. The minimum absolute atomic E-state index is 0.117. The lowest BCUT2D eigenvalue weighted by Gasteiger charge is -2.12. The van der Waals surface area contributed by atoms with Gasteiger partial charge in [-0.1, -0.05) is 17.8 Å². The van der Waals surface area contributed by atoms with Gasteiger partial charge in [0.25, 0.3) is 0 Å². The molecular weight excluding hydrogens is 454 g/mol. The van der Waals surface area contributed by atoms with Crippen molar-refractivity contribution in [3.05, 3.63) is 66.9 Å². The summed E-state index contributed by atoms with van der Waals surface area (Å²) in [5, 5.41) is 12.1. The maximum absolute atomic E-state index is 12.7. The highest BCUT2D eigenvalue weighted by Crippen LogP contribution is 2.30. The standard InChI is InChI=1S/C24H23N5O4S/c1-31-17-9-7-16(8-10-17)29-23(20-6-4-5-13-25-20)27-28-24(29)34-15-22(30)26-19-12-11-18(32-2)14-21(19)33-3/h4-14H,15H2,1-3H3,(H,26,30). The number of carbonyl (C=O) groups is 1. The van der Waals surface area contributed by atoms with Crippen molar-refractivity contribution in [2.75, 3.05) is 32.4 Å². The van der Waals surface area contributed by atoms with Gasteiger partial charge in [0, 0.05) is 12.3 Å². The van der Waals surface area contributed by atoms with E-state index in [0.29, 0.717) is 33.9 Å². The van der Waals surface area contributed by atoms with Crippen LogP contribution in [0.2, 0.25) is 0 Å². The van der Waals surface area contributed by atoms with Gasteiger partial charge < -0.3 is 19.5 Å². The van der Waals surface area contributed by atoms with Crippen molar-refractivity contribution in [3.63, 3.8) is 0 Å². The molecule has 0 bridgehead atoms. The predicted octanol–water partition coefficient (Wildman–Crippen LogP) is 4.09. The van der Waals surface area contributed by atoms with Crippen LogP contribution in [-0.4, -0.2) is 52.7 Å². The number of hydrogen-bond acceptors (Lipinski definition) is 8. The Balaban J connectivity index is 1.57. The number of nitrogens with zero attached hydrogens (tertiary/aromatic N) is 4. The molecule has 0 spiro atoms. The molecule has 0 unspecified atom stereocenters. The molecule has 0 aliphatic heterocycles. The molecule has 0 atom stereocenters. The van der Waals surface area contributed by atoms with Crippen molar-refractivity contribution in [1.29, 1.82) is 0 Å². The van der Waals surface area contributed by atoms with Gasteiger partial charge in [-0.3, -0.25) is 14.3 Å². The average Bonchev–Trinajstić information content (AvgIpc) is 3.32. The van der Waals surface area contributed by atoms with E-state index in [1.165, 1.54) is 18.9 Å². The molecular formula is C24H23N5O4S. The lowest BCUT2D eigenvalue weighted by Crippen LogP contribution is -2.15. The summed E-state index contributed by atoms with van der Waals surface area (Å²) in [6.07, 6.45) is 1.70. The van der Waals surface area contributed by atoms with Gasteiger partial charge in [-0.15, -0.1) is 10.2 Å². The van der Waals surface area contributed by atoms with E-state index in [9.17, 15) is 4.79 Å².